The van der Waals surface area contributed by atoms with E-state index in [1.54, 1.807) is 11.1 Å². The van der Waals surface area contributed by atoms with Gasteiger partial charge in [0.2, 0.25) is 0 Å². The lowest BCUT2D eigenvalue weighted by atomic mass is 10.1. The van der Waals surface area contributed by atoms with Crippen molar-refractivity contribution < 1.29 is 4.79 Å². The Labute approximate surface area is 176 Å². The number of pyridine rings is 2. The number of carbonyl (C=O) groups is 1. The Bertz CT molecular complexity index is 1000. The highest BCUT2D eigenvalue weighted by Crippen LogP contribution is 2.31. The highest BCUT2D eigenvalue weighted by Gasteiger charge is 2.20. The number of amides is 1. The van der Waals surface area contributed by atoms with Crippen LogP contribution in [0, 0.1) is 13.8 Å². The number of hydrogen-bond donors (Lipinski definition) is 1. The van der Waals surface area contributed by atoms with Crippen molar-refractivity contribution in [2.75, 3.05) is 18.4 Å². The maximum atomic E-state index is 13.0. The third-order valence-corrected chi connectivity index (χ3v) is 5.00. The molecular weight excluding hydrogens is 395 g/mol. The predicted molar refractivity (Wildman–Crippen MR) is 118 cm³/mol. The molecule has 0 fully saturated rings. The molecule has 3 aromatic rings. The topological polar surface area (TPSA) is 58.1 Å². The fraction of sp³-hybridized carbons (Fsp3) is 0.286. The molecule has 0 bridgehead atoms. The van der Waals surface area contributed by atoms with Gasteiger partial charge < -0.3 is 10.2 Å². The van der Waals surface area contributed by atoms with E-state index in [4.69, 9.17) is 11.6 Å². The molecule has 7 heteroatoms. The number of halogens is 2. The second-order valence-electron chi connectivity index (χ2n) is 6.44. The van der Waals surface area contributed by atoms with E-state index in [0.717, 1.165) is 22.3 Å². The summed E-state index contributed by atoms with van der Waals surface area (Å²) in [5, 5.41) is 4.85. The molecule has 5 nitrogen and oxygen atoms in total. The van der Waals surface area contributed by atoms with Gasteiger partial charge in [0.15, 0.2) is 5.65 Å². The normalized spacial score (nSPS) is 10.5. The minimum atomic E-state index is -0.0596. The molecule has 3 rings (SSSR count). The molecule has 0 saturated heterocycles. The average molecular weight is 419 g/mol. The molecule has 1 aromatic carbocycles. The van der Waals surface area contributed by atoms with Gasteiger partial charge in [-0.25, -0.2) is 9.97 Å². The van der Waals surface area contributed by atoms with Gasteiger partial charge in [0.1, 0.15) is 0 Å². The molecule has 0 spiro atoms. The number of nitrogens with one attached hydrogen (secondary N) is 1. The van der Waals surface area contributed by atoms with Gasteiger partial charge in [-0.3, -0.25) is 4.79 Å². The average Bonchev–Trinajstić information content (AvgIpc) is 2.65. The SMILES string of the molecule is CCN(CC)C(=O)c1cnc2nc(C)ccc2c1Nc1ccc(C)c(Cl)c1.Cl. The van der Waals surface area contributed by atoms with Crippen LogP contribution in [0.5, 0.6) is 0 Å². The molecule has 0 unspecified atom stereocenters. The highest BCUT2D eigenvalue weighted by atomic mass is 35.5. The number of rotatable bonds is 5. The van der Waals surface area contributed by atoms with Crippen molar-refractivity contribution in [2.24, 2.45) is 0 Å². The molecule has 1 amide bonds. The zero-order valence-electron chi connectivity index (χ0n) is 16.4. The number of nitrogens with zero attached hydrogens (tertiary/aromatic N) is 3. The van der Waals surface area contributed by atoms with Crippen LogP contribution in [0.1, 0.15) is 35.5 Å². The Kier molecular flexibility index (Phi) is 7.22. The van der Waals surface area contributed by atoms with Gasteiger partial charge in [0.25, 0.3) is 5.91 Å². The standard InChI is InChI=1S/C21H23ClN4O.ClH/c1-5-26(6-2)21(27)17-12-23-20-16(10-8-14(4)24-20)19(17)25-15-9-7-13(3)18(22)11-15;/h7-12H,5-6H2,1-4H3,(H,23,24,25);1H. The molecule has 28 heavy (non-hydrogen) atoms. The minimum Gasteiger partial charge on any atom is -0.354 e. The number of anilines is 2. The Morgan fingerprint density at radius 1 is 1.14 bits per heavy atom. The number of aryl methyl sites for hydroxylation is 2. The van der Waals surface area contributed by atoms with Crippen LogP contribution in [-0.2, 0) is 0 Å². The van der Waals surface area contributed by atoms with Crippen LogP contribution in [0.15, 0.2) is 36.5 Å². The fourth-order valence-electron chi connectivity index (χ4n) is 2.96. The van der Waals surface area contributed by atoms with Crippen molar-refractivity contribution in [3.05, 3.63) is 58.4 Å². The van der Waals surface area contributed by atoms with Gasteiger partial charge in [-0.15, -0.1) is 12.4 Å². The molecule has 2 aromatic heterocycles. The number of aromatic nitrogens is 2. The molecule has 2 heterocycles. The van der Waals surface area contributed by atoms with E-state index in [0.29, 0.717) is 35.0 Å². The van der Waals surface area contributed by atoms with Crippen molar-refractivity contribution in [1.82, 2.24) is 14.9 Å². The molecule has 0 saturated carbocycles. The van der Waals surface area contributed by atoms with Gasteiger partial charge >= 0.3 is 0 Å². The van der Waals surface area contributed by atoms with Crippen LogP contribution in [0.2, 0.25) is 5.02 Å². The van der Waals surface area contributed by atoms with E-state index in [-0.39, 0.29) is 18.3 Å². The van der Waals surface area contributed by atoms with Gasteiger partial charge in [0, 0.05) is 41.1 Å². The first-order valence-corrected chi connectivity index (χ1v) is 9.41. The highest BCUT2D eigenvalue weighted by molar-refractivity contribution is 6.31. The lowest BCUT2D eigenvalue weighted by Gasteiger charge is -2.21. The van der Waals surface area contributed by atoms with Gasteiger partial charge in [-0.1, -0.05) is 17.7 Å². The zero-order valence-corrected chi connectivity index (χ0v) is 18.0. The van der Waals surface area contributed by atoms with E-state index in [1.807, 2.05) is 58.0 Å². The fourth-order valence-corrected chi connectivity index (χ4v) is 3.15. The summed E-state index contributed by atoms with van der Waals surface area (Å²) < 4.78 is 0. The lowest BCUT2D eigenvalue weighted by molar-refractivity contribution is 0.0774. The molecular formula is C21H24Cl2N4O. The largest absolute Gasteiger partial charge is 0.354 e. The van der Waals surface area contributed by atoms with E-state index >= 15 is 0 Å². The van der Waals surface area contributed by atoms with Crippen LogP contribution in [0.4, 0.5) is 11.4 Å². The summed E-state index contributed by atoms with van der Waals surface area (Å²) in [4.78, 5) is 23.7. The second kappa shape index (κ2) is 9.22. The van der Waals surface area contributed by atoms with Crippen LogP contribution >= 0.6 is 24.0 Å². The molecule has 0 aliphatic heterocycles. The number of carbonyl (C=O) groups excluding carboxylic acids is 1. The van der Waals surface area contributed by atoms with Crippen LogP contribution < -0.4 is 5.32 Å². The Balaban J connectivity index is 0.00000280. The third-order valence-electron chi connectivity index (χ3n) is 4.59. The Morgan fingerprint density at radius 2 is 1.86 bits per heavy atom. The van der Waals surface area contributed by atoms with Crippen molar-refractivity contribution >= 4 is 52.3 Å². The van der Waals surface area contributed by atoms with Crippen LogP contribution in [0.25, 0.3) is 11.0 Å². The first-order valence-electron chi connectivity index (χ1n) is 9.03. The number of benzene rings is 1. The summed E-state index contributed by atoms with van der Waals surface area (Å²) in [7, 11) is 0. The summed E-state index contributed by atoms with van der Waals surface area (Å²) in [6.45, 7) is 9.07. The van der Waals surface area contributed by atoms with E-state index in [2.05, 4.69) is 15.3 Å². The Hall–Kier alpha value is -2.37. The van der Waals surface area contributed by atoms with E-state index < -0.39 is 0 Å². The summed E-state index contributed by atoms with van der Waals surface area (Å²) in [5.41, 5.74) is 4.51. The molecule has 0 aliphatic carbocycles. The molecule has 0 atom stereocenters. The minimum absolute atomic E-state index is 0. The van der Waals surface area contributed by atoms with E-state index in [9.17, 15) is 4.79 Å². The smallest absolute Gasteiger partial charge is 0.257 e. The lowest BCUT2D eigenvalue weighted by Crippen LogP contribution is -2.31. The predicted octanol–water partition coefficient (Wildman–Crippen LogP) is 5.55. The summed E-state index contributed by atoms with van der Waals surface area (Å²) >= 11 is 6.28. The maximum Gasteiger partial charge on any atom is 0.257 e. The molecule has 1 N–H and O–H groups in total. The number of fused-ring (bicyclic) bond motifs is 1. The Morgan fingerprint density at radius 3 is 2.50 bits per heavy atom. The first kappa shape index (κ1) is 21.9. The number of hydrogen-bond acceptors (Lipinski definition) is 4. The van der Waals surface area contributed by atoms with Crippen molar-refractivity contribution in [3.63, 3.8) is 0 Å². The second-order valence-corrected chi connectivity index (χ2v) is 6.84. The maximum absolute atomic E-state index is 13.0. The van der Waals surface area contributed by atoms with Crippen LogP contribution in [-0.4, -0.2) is 33.9 Å². The van der Waals surface area contributed by atoms with Crippen molar-refractivity contribution in [1.29, 1.82) is 0 Å². The van der Waals surface area contributed by atoms with Crippen molar-refractivity contribution in [2.45, 2.75) is 27.7 Å². The first-order chi connectivity index (χ1) is 12.9. The van der Waals surface area contributed by atoms with Gasteiger partial charge in [-0.05, 0) is 57.5 Å². The molecule has 148 valence electrons. The van der Waals surface area contributed by atoms with Gasteiger partial charge in [-0.2, -0.15) is 0 Å². The van der Waals surface area contributed by atoms with Gasteiger partial charge in [0.05, 0.1) is 11.3 Å². The summed E-state index contributed by atoms with van der Waals surface area (Å²) in [6.07, 6.45) is 1.60. The monoisotopic (exact) mass is 418 g/mol. The zero-order chi connectivity index (χ0) is 19.6. The summed E-state index contributed by atoms with van der Waals surface area (Å²) in [5.74, 6) is -0.0596. The molecule has 0 radical (unpaired) electrons. The quantitative estimate of drug-likeness (QED) is 0.589. The van der Waals surface area contributed by atoms with Crippen LogP contribution in [0.3, 0.4) is 0 Å². The summed E-state index contributed by atoms with van der Waals surface area (Å²) in [6, 6.07) is 9.62. The van der Waals surface area contributed by atoms with E-state index in [1.165, 1.54) is 0 Å². The molecule has 0 aliphatic rings. The third kappa shape index (κ3) is 4.37. The van der Waals surface area contributed by atoms with Crippen molar-refractivity contribution in [3.8, 4) is 0 Å².